The number of hydrogen-bond donors (Lipinski definition) is 2. The number of thioether (sulfide) groups is 2. The van der Waals surface area contributed by atoms with Gasteiger partial charge in [0, 0.05) is 41.8 Å². The van der Waals surface area contributed by atoms with Crippen molar-refractivity contribution < 1.29 is 4.79 Å². The zero-order chi connectivity index (χ0) is 14.4. The van der Waals surface area contributed by atoms with Crippen molar-refractivity contribution in [2.24, 2.45) is 0 Å². The molecule has 2 heterocycles. The van der Waals surface area contributed by atoms with Crippen molar-refractivity contribution in [1.29, 1.82) is 0 Å². The highest BCUT2D eigenvalue weighted by Crippen LogP contribution is 2.23. The first-order valence-electron chi connectivity index (χ1n) is 6.57. The van der Waals surface area contributed by atoms with E-state index in [1.807, 2.05) is 30.4 Å². The van der Waals surface area contributed by atoms with E-state index < -0.39 is 0 Å². The number of carbonyl (C=O) groups excluding carboxylic acids is 1. The third-order valence-corrected chi connectivity index (χ3v) is 5.98. The number of hydrogen-bond acceptors (Lipinski definition) is 5. The van der Waals surface area contributed by atoms with E-state index >= 15 is 0 Å². The molecule has 1 amide bonds. The summed E-state index contributed by atoms with van der Waals surface area (Å²) in [5.41, 5.74) is 0.478. The van der Waals surface area contributed by atoms with E-state index in [9.17, 15) is 4.79 Å². The summed E-state index contributed by atoms with van der Waals surface area (Å²) < 4.78 is 0. The maximum atomic E-state index is 12.2. The summed E-state index contributed by atoms with van der Waals surface area (Å²) in [6.45, 7) is 3.42. The molecule has 1 unspecified atom stereocenters. The summed E-state index contributed by atoms with van der Waals surface area (Å²) in [6.07, 6.45) is 1.51. The molecule has 1 aliphatic heterocycles. The number of carbonyl (C=O) groups is 1. The lowest BCUT2D eigenvalue weighted by atomic mass is 10.2. The smallest absolute Gasteiger partial charge is 0.253 e. The Hall–Kier alpha value is -0.590. The van der Waals surface area contributed by atoms with Crippen molar-refractivity contribution in [3.63, 3.8) is 0 Å². The van der Waals surface area contributed by atoms with Crippen LogP contribution < -0.4 is 10.6 Å². The normalized spacial score (nSPS) is 18.6. The number of nitrogens with one attached hydrogen (secondary N) is 2. The Bertz CT molecular complexity index is 467. The van der Waals surface area contributed by atoms with Gasteiger partial charge in [-0.2, -0.15) is 23.5 Å². The predicted octanol–water partition coefficient (Wildman–Crippen LogP) is 2.75. The molecule has 1 fully saturated rings. The molecule has 2 rings (SSSR count). The fourth-order valence-electron chi connectivity index (χ4n) is 1.85. The summed E-state index contributed by atoms with van der Waals surface area (Å²) in [7, 11) is 0. The number of amides is 1. The van der Waals surface area contributed by atoms with Gasteiger partial charge in [-0.15, -0.1) is 0 Å². The standard InChI is InChI=1S/C13H18ClN3OS2/c1-2-15-12-5-10(11(14)7-16-12)13(18)17-6-9-8-19-3-4-20-9/h5,7,9H,2-4,6,8H2,1H3,(H,15,16)(H,17,18). The molecule has 0 aromatic carbocycles. The quantitative estimate of drug-likeness (QED) is 0.869. The second kappa shape index (κ2) is 8.00. The van der Waals surface area contributed by atoms with Crippen molar-refractivity contribution in [2.45, 2.75) is 12.2 Å². The van der Waals surface area contributed by atoms with E-state index in [0.717, 1.165) is 18.1 Å². The Morgan fingerprint density at radius 3 is 3.10 bits per heavy atom. The first kappa shape index (κ1) is 15.8. The molecule has 110 valence electrons. The fourth-order valence-corrected chi connectivity index (χ4v) is 4.65. The van der Waals surface area contributed by atoms with E-state index in [1.165, 1.54) is 11.9 Å². The Balaban J connectivity index is 1.95. The van der Waals surface area contributed by atoms with Gasteiger partial charge in [0.2, 0.25) is 0 Å². The number of halogens is 1. The van der Waals surface area contributed by atoms with Gasteiger partial charge in [-0.3, -0.25) is 4.79 Å². The fraction of sp³-hybridized carbons (Fsp3) is 0.538. The maximum Gasteiger partial charge on any atom is 0.253 e. The average Bonchev–Trinajstić information content (AvgIpc) is 2.48. The van der Waals surface area contributed by atoms with E-state index in [0.29, 0.717) is 28.2 Å². The van der Waals surface area contributed by atoms with Crippen LogP contribution in [0.15, 0.2) is 12.3 Å². The number of anilines is 1. The number of aromatic nitrogens is 1. The number of pyridine rings is 1. The van der Waals surface area contributed by atoms with Crippen molar-refractivity contribution >= 4 is 46.8 Å². The van der Waals surface area contributed by atoms with Crippen LogP contribution in [0.5, 0.6) is 0 Å². The zero-order valence-corrected chi connectivity index (χ0v) is 13.7. The van der Waals surface area contributed by atoms with Crippen LogP contribution >= 0.6 is 35.1 Å². The molecule has 2 N–H and O–H groups in total. The minimum Gasteiger partial charge on any atom is -0.370 e. The van der Waals surface area contributed by atoms with Gasteiger partial charge >= 0.3 is 0 Å². The van der Waals surface area contributed by atoms with Crippen LogP contribution in [-0.2, 0) is 0 Å². The second-order valence-electron chi connectivity index (χ2n) is 4.36. The molecule has 1 aliphatic rings. The molecule has 1 saturated heterocycles. The first-order valence-corrected chi connectivity index (χ1v) is 9.15. The summed E-state index contributed by atoms with van der Waals surface area (Å²) in [5, 5.41) is 6.92. The average molecular weight is 332 g/mol. The largest absolute Gasteiger partial charge is 0.370 e. The van der Waals surface area contributed by atoms with Gasteiger partial charge in [-0.25, -0.2) is 4.98 Å². The van der Waals surface area contributed by atoms with E-state index in [2.05, 4.69) is 15.6 Å². The summed E-state index contributed by atoms with van der Waals surface area (Å²) in [5.74, 6) is 4.00. The van der Waals surface area contributed by atoms with Crippen LogP contribution in [-0.4, -0.2) is 46.5 Å². The summed E-state index contributed by atoms with van der Waals surface area (Å²) in [4.78, 5) is 16.3. The van der Waals surface area contributed by atoms with Gasteiger partial charge in [0.05, 0.1) is 10.6 Å². The molecule has 0 radical (unpaired) electrons. The van der Waals surface area contributed by atoms with Crippen LogP contribution in [0.4, 0.5) is 5.82 Å². The molecular weight excluding hydrogens is 314 g/mol. The third-order valence-electron chi connectivity index (χ3n) is 2.83. The van der Waals surface area contributed by atoms with Gasteiger partial charge in [-0.1, -0.05) is 11.6 Å². The van der Waals surface area contributed by atoms with Gasteiger partial charge < -0.3 is 10.6 Å². The Morgan fingerprint density at radius 1 is 1.55 bits per heavy atom. The van der Waals surface area contributed by atoms with Gasteiger partial charge in [-0.05, 0) is 13.0 Å². The molecular formula is C13H18ClN3OS2. The van der Waals surface area contributed by atoms with Crippen molar-refractivity contribution in [2.75, 3.05) is 35.7 Å². The first-order chi connectivity index (χ1) is 9.70. The van der Waals surface area contributed by atoms with E-state index in [-0.39, 0.29) is 5.91 Å². The maximum absolute atomic E-state index is 12.2. The number of rotatable bonds is 5. The van der Waals surface area contributed by atoms with Crippen molar-refractivity contribution in [3.05, 3.63) is 22.8 Å². The topological polar surface area (TPSA) is 54.0 Å². The van der Waals surface area contributed by atoms with Crippen LogP contribution in [0.2, 0.25) is 5.02 Å². The van der Waals surface area contributed by atoms with Crippen LogP contribution in [0.3, 0.4) is 0 Å². The van der Waals surface area contributed by atoms with Crippen LogP contribution in [0, 0.1) is 0 Å². The highest BCUT2D eigenvalue weighted by molar-refractivity contribution is 8.06. The summed E-state index contributed by atoms with van der Waals surface area (Å²) in [6, 6.07) is 1.70. The molecule has 0 saturated carbocycles. The number of nitrogens with zero attached hydrogens (tertiary/aromatic N) is 1. The highest BCUT2D eigenvalue weighted by atomic mass is 35.5. The highest BCUT2D eigenvalue weighted by Gasteiger charge is 2.17. The molecule has 1 aromatic heterocycles. The van der Waals surface area contributed by atoms with Crippen LogP contribution in [0.25, 0.3) is 0 Å². The minimum atomic E-state index is -0.132. The Kier molecular flexibility index (Phi) is 6.32. The summed E-state index contributed by atoms with van der Waals surface area (Å²) >= 11 is 9.92. The van der Waals surface area contributed by atoms with E-state index in [4.69, 9.17) is 11.6 Å². The third kappa shape index (κ3) is 4.46. The monoisotopic (exact) mass is 331 g/mol. The van der Waals surface area contributed by atoms with Gasteiger partial charge in [0.1, 0.15) is 5.82 Å². The lowest BCUT2D eigenvalue weighted by Crippen LogP contribution is -2.33. The minimum absolute atomic E-state index is 0.132. The Morgan fingerprint density at radius 2 is 2.40 bits per heavy atom. The molecule has 0 bridgehead atoms. The molecule has 1 atom stereocenters. The molecule has 0 spiro atoms. The predicted molar refractivity (Wildman–Crippen MR) is 89.3 cm³/mol. The SMILES string of the molecule is CCNc1cc(C(=O)NCC2CSCCS2)c(Cl)cn1. The van der Waals surface area contributed by atoms with Crippen molar-refractivity contribution in [1.82, 2.24) is 10.3 Å². The zero-order valence-electron chi connectivity index (χ0n) is 11.3. The second-order valence-corrected chi connectivity index (χ2v) is 7.32. The molecule has 7 heteroatoms. The molecule has 20 heavy (non-hydrogen) atoms. The van der Waals surface area contributed by atoms with Gasteiger partial charge in [0.25, 0.3) is 5.91 Å². The molecule has 0 aliphatic carbocycles. The molecule has 4 nitrogen and oxygen atoms in total. The Labute approximate surface area is 132 Å². The lowest BCUT2D eigenvalue weighted by Gasteiger charge is -2.21. The molecule has 1 aromatic rings. The van der Waals surface area contributed by atoms with Crippen LogP contribution in [0.1, 0.15) is 17.3 Å². The van der Waals surface area contributed by atoms with Crippen molar-refractivity contribution in [3.8, 4) is 0 Å². The van der Waals surface area contributed by atoms with E-state index in [1.54, 1.807) is 6.07 Å². The van der Waals surface area contributed by atoms with Gasteiger partial charge in [0.15, 0.2) is 0 Å². The lowest BCUT2D eigenvalue weighted by molar-refractivity contribution is 0.0954.